The number of nitrogens with zero attached hydrogens (tertiary/aromatic N) is 4. The monoisotopic (exact) mass is 416 g/mol. The highest BCUT2D eigenvalue weighted by Gasteiger charge is 2.32. The van der Waals surface area contributed by atoms with Crippen molar-refractivity contribution >= 4 is 21.9 Å². The molecule has 0 N–H and O–H groups in total. The van der Waals surface area contributed by atoms with E-state index in [1.165, 1.54) is 6.07 Å². The molecule has 0 radical (unpaired) electrons. The third-order valence-electron chi connectivity index (χ3n) is 3.92. The lowest BCUT2D eigenvalue weighted by atomic mass is 9.99. The molecule has 1 aliphatic rings. The Bertz CT molecular complexity index is 711. The van der Waals surface area contributed by atoms with Crippen molar-refractivity contribution in [2.75, 3.05) is 24.6 Å². The summed E-state index contributed by atoms with van der Waals surface area (Å²) in [5.41, 5.74) is -0.946. The molecule has 1 aliphatic heterocycles. The minimum absolute atomic E-state index is 0.180. The van der Waals surface area contributed by atoms with E-state index in [-0.39, 0.29) is 11.7 Å². The van der Waals surface area contributed by atoms with Crippen molar-refractivity contribution in [3.05, 3.63) is 40.9 Å². The number of hydrogen-bond acceptors (Lipinski definition) is 5. The number of anilines is 1. The van der Waals surface area contributed by atoms with Crippen LogP contribution in [0.25, 0.3) is 0 Å². The van der Waals surface area contributed by atoms with Gasteiger partial charge in [0.1, 0.15) is 11.4 Å². The molecule has 0 aromatic carbocycles. The van der Waals surface area contributed by atoms with Gasteiger partial charge in [0, 0.05) is 43.7 Å². The first-order valence-electron chi connectivity index (χ1n) is 7.80. The molecule has 1 unspecified atom stereocenters. The Morgan fingerprint density at radius 3 is 2.72 bits per heavy atom. The summed E-state index contributed by atoms with van der Waals surface area (Å²) in [5.74, 6) is 1.03. The summed E-state index contributed by atoms with van der Waals surface area (Å²) in [5, 5.41) is 0. The summed E-state index contributed by atoms with van der Waals surface area (Å²) in [7, 11) is 0. The van der Waals surface area contributed by atoms with Gasteiger partial charge in [-0.25, -0.2) is 9.97 Å². The van der Waals surface area contributed by atoms with Crippen LogP contribution < -0.4 is 9.64 Å². The molecule has 1 fully saturated rings. The summed E-state index contributed by atoms with van der Waals surface area (Å²) >= 11 is 3.30. The van der Waals surface area contributed by atoms with Gasteiger partial charge in [-0.1, -0.05) is 0 Å². The molecule has 2 aromatic rings. The maximum atomic E-state index is 12.7. The first kappa shape index (κ1) is 17.9. The quantitative estimate of drug-likeness (QED) is 0.754. The molecule has 0 saturated carbocycles. The molecule has 0 aliphatic carbocycles. The minimum atomic E-state index is -4.47. The topological polar surface area (TPSA) is 51.1 Å². The molecule has 0 spiro atoms. The Balaban J connectivity index is 1.59. The molecule has 1 saturated heterocycles. The molecule has 5 nitrogen and oxygen atoms in total. The maximum absolute atomic E-state index is 12.7. The van der Waals surface area contributed by atoms with Crippen LogP contribution in [-0.2, 0) is 6.18 Å². The van der Waals surface area contributed by atoms with E-state index >= 15 is 0 Å². The normalized spacial score (nSPS) is 18.2. The average molecular weight is 417 g/mol. The Morgan fingerprint density at radius 1 is 1.24 bits per heavy atom. The number of piperidine rings is 1. The molecule has 3 heterocycles. The van der Waals surface area contributed by atoms with Crippen LogP contribution in [0.2, 0.25) is 0 Å². The summed E-state index contributed by atoms with van der Waals surface area (Å²) in [4.78, 5) is 14.0. The summed E-state index contributed by atoms with van der Waals surface area (Å²) < 4.78 is 44.4. The Kier molecular flexibility index (Phi) is 5.41. The molecule has 1 atom stereocenters. The zero-order chi connectivity index (χ0) is 17.9. The van der Waals surface area contributed by atoms with Crippen LogP contribution in [0.15, 0.2) is 35.2 Å². The zero-order valence-electron chi connectivity index (χ0n) is 13.2. The van der Waals surface area contributed by atoms with Gasteiger partial charge in [0.25, 0.3) is 0 Å². The van der Waals surface area contributed by atoms with E-state index in [1.54, 1.807) is 12.4 Å². The van der Waals surface area contributed by atoms with Crippen LogP contribution >= 0.6 is 15.9 Å². The second-order valence-corrected chi connectivity index (χ2v) is 6.76. The van der Waals surface area contributed by atoms with E-state index in [9.17, 15) is 13.2 Å². The fraction of sp³-hybridized carbons (Fsp3) is 0.438. The number of alkyl halides is 3. The zero-order valence-corrected chi connectivity index (χ0v) is 14.8. The largest absolute Gasteiger partial charge is 0.493 e. The number of hydrogen-bond donors (Lipinski definition) is 0. The van der Waals surface area contributed by atoms with Crippen LogP contribution in [0.3, 0.4) is 0 Å². The van der Waals surface area contributed by atoms with Crippen LogP contribution in [0, 0.1) is 5.92 Å². The molecular weight excluding hydrogens is 401 g/mol. The van der Waals surface area contributed by atoms with Crippen LogP contribution in [0.5, 0.6) is 5.75 Å². The third kappa shape index (κ3) is 4.81. The van der Waals surface area contributed by atoms with E-state index < -0.39 is 11.9 Å². The average Bonchev–Trinajstić information content (AvgIpc) is 2.60. The lowest BCUT2D eigenvalue weighted by Crippen LogP contribution is -2.38. The molecule has 9 heteroatoms. The van der Waals surface area contributed by atoms with Crippen molar-refractivity contribution in [3.63, 3.8) is 0 Å². The molecule has 0 bridgehead atoms. The number of rotatable bonds is 4. The van der Waals surface area contributed by atoms with E-state index in [1.807, 2.05) is 0 Å². The smallest absolute Gasteiger partial charge is 0.433 e. The van der Waals surface area contributed by atoms with E-state index in [2.05, 4.69) is 35.8 Å². The summed E-state index contributed by atoms with van der Waals surface area (Å²) in [6.07, 6.45) is 1.93. The van der Waals surface area contributed by atoms with Gasteiger partial charge in [-0.2, -0.15) is 13.2 Å². The second-order valence-electron chi connectivity index (χ2n) is 5.84. The fourth-order valence-corrected chi connectivity index (χ4v) is 2.93. The van der Waals surface area contributed by atoms with Gasteiger partial charge >= 0.3 is 6.18 Å². The molecule has 0 amide bonds. The van der Waals surface area contributed by atoms with Crippen LogP contribution in [0.4, 0.5) is 19.1 Å². The van der Waals surface area contributed by atoms with Crippen LogP contribution in [0.1, 0.15) is 18.5 Å². The van der Waals surface area contributed by atoms with Gasteiger partial charge in [-0.05, 0) is 34.8 Å². The molecule has 134 valence electrons. The number of pyridine rings is 1. The standard InChI is InChI=1S/C16H16BrF3N4O/c17-12-7-22-15(23-8-12)24-5-1-2-11(9-24)10-25-13-3-4-21-14(6-13)16(18,19)20/h3-4,6-8,11H,1-2,5,9-10H2. The SMILES string of the molecule is FC(F)(F)c1cc(OCC2CCCN(c3ncc(Br)cn3)C2)ccn1. The van der Waals surface area contributed by atoms with Gasteiger partial charge in [0.05, 0.1) is 11.1 Å². The Labute approximate surface area is 151 Å². The second kappa shape index (κ2) is 7.55. The maximum Gasteiger partial charge on any atom is 0.433 e. The molecule has 2 aromatic heterocycles. The van der Waals surface area contributed by atoms with Gasteiger partial charge in [0.15, 0.2) is 0 Å². The van der Waals surface area contributed by atoms with Crippen molar-refractivity contribution in [1.29, 1.82) is 0 Å². The predicted molar refractivity (Wildman–Crippen MR) is 89.4 cm³/mol. The van der Waals surface area contributed by atoms with Crippen molar-refractivity contribution in [1.82, 2.24) is 15.0 Å². The number of aromatic nitrogens is 3. The highest BCUT2D eigenvalue weighted by Crippen LogP contribution is 2.30. The van der Waals surface area contributed by atoms with E-state index in [0.717, 1.165) is 36.1 Å². The molecule has 25 heavy (non-hydrogen) atoms. The fourth-order valence-electron chi connectivity index (χ4n) is 2.72. The Hall–Kier alpha value is -1.90. The third-order valence-corrected chi connectivity index (χ3v) is 4.33. The van der Waals surface area contributed by atoms with Crippen molar-refractivity contribution in [2.24, 2.45) is 5.92 Å². The van der Waals surface area contributed by atoms with Gasteiger partial charge < -0.3 is 9.64 Å². The highest BCUT2D eigenvalue weighted by atomic mass is 79.9. The lowest BCUT2D eigenvalue weighted by molar-refractivity contribution is -0.141. The molecule has 3 rings (SSSR count). The lowest BCUT2D eigenvalue weighted by Gasteiger charge is -2.32. The van der Waals surface area contributed by atoms with Gasteiger partial charge in [-0.3, -0.25) is 4.98 Å². The van der Waals surface area contributed by atoms with Crippen LogP contribution in [-0.4, -0.2) is 34.6 Å². The highest BCUT2D eigenvalue weighted by molar-refractivity contribution is 9.10. The summed E-state index contributed by atoms with van der Waals surface area (Å²) in [6.45, 7) is 1.90. The minimum Gasteiger partial charge on any atom is -0.493 e. The van der Waals surface area contributed by atoms with Gasteiger partial charge in [-0.15, -0.1) is 0 Å². The van der Waals surface area contributed by atoms with Crippen molar-refractivity contribution in [2.45, 2.75) is 19.0 Å². The number of ether oxygens (including phenoxy) is 1. The van der Waals surface area contributed by atoms with Gasteiger partial charge in [0.2, 0.25) is 5.95 Å². The van der Waals surface area contributed by atoms with Crippen molar-refractivity contribution in [3.8, 4) is 5.75 Å². The van der Waals surface area contributed by atoms with Crippen molar-refractivity contribution < 1.29 is 17.9 Å². The Morgan fingerprint density at radius 2 is 2.00 bits per heavy atom. The number of halogens is 4. The summed E-state index contributed by atoms with van der Waals surface area (Å²) in [6, 6.07) is 2.37. The predicted octanol–water partition coefficient (Wildman–Crippen LogP) is 3.95. The first-order valence-corrected chi connectivity index (χ1v) is 8.59. The van der Waals surface area contributed by atoms with E-state index in [0.29, 0.717) is 19.1 Å². The first-order chi connectivity index (χ1) is 11.9. The molecular formula is C16H16BrF3N4O. The van der Waals surface area contributed by atoms with E-state index in [4.69, 9.17) is 4.74 Å².